The average Bonchev–Trinajstić information content (AvgIpc) is 2.42. The van der Waals surface area contributed by atoms with Gasteiger partial charge in [-0.05, 0) is 0 Å². The van der Waals surface area contributed by atoms with Crippen LogP contribution in [-0.2, 0) is 42.9 Å². The predicted octanol–water partition coefficient (Wildman–Crippen LogP) is -1.65. The molecule has 11 heteroatoms. The van der Waals surface area contributed by atoms with Crippen molar-refractivity contribution in [3.8, 4) is 0 Å². The van der Waals surface area contributed by atoms with Crippen molar-refractivity contribution < 1.29 is 48.0 Å². The first-order valence-corrected chi connectivity index (χ1v) is 7.28. The smallest absolute Gasteiger partial charge is 0.303 e. The Morgan fingerprint density at radius 2 is 1.40 bits per heavy atom. The number of hydrogen-bond donors (Lipinski definition) is 2. The third-order valence-corrected chi connectivity index (χ3v) is 3.08. The quantitative estimate of drug-likeness (QED) is 0.327. The van der Waals surface area contributed by atoms with Gasteiger partial charge >= 0.3 is 23.9 Å². The number of esters is 4. The number of ether oxygens (including phenoxy) is 5. The Morgan fingerprint density at radius 1 is 0.920 bits per heavy atom. The van der Waals surface area contributed by atoms with Gasteiger partial charge < -0.3 is 28.8 Å². The standard InChI is InChI=1S/C14H21NO10/c1-6(16)21-5-10-11(22-7(2)17)12(23-8(3)18)13(24-9(4)19)14(15,20)25-10/h10-13,20H,5,15H2,1-4H3/t10-,11-,12+,13-,14+/m1/s1. The molecule has 0 aromatic heterocycles. The Hall–Kier alpha value is -2.24. The minimum atomic E-state index is -2.59. The van der Waals surface area contributed by atoms with E-state index in [9.17, 15) is 24.3 Å². The Morgan fingerprint density at radius 3 is 1.84 bits per heavy atom. The van der Waals surface area contributed by atoms with Crippen LogP contribution in [-0.4, -0.2) is 65.9 Å². The topological polar surface area (TPSA) is 161 Å². The number of aliphatic hydroxyl groups is 1. The summed E-state index contributed by atoms with van der Waals surface area (Å²) in [4.78, 5) is 45.1. The molecule has 0 radical (unpaired) electrons. The van der Waals surface area contributed by atoms with Crippen molar-refractivity contribution in [3.63, 3.8) is 0 Å². The van der Waals surface area contributed by atoms with Gasteiger partial charge in [0.15, 0.2) is 12.2 Å². The molecule has 1 aliphatic heterocycles. The van der Waals surface area contributed by atoms with E-state index in [4.69, 9.17) is 29.4 Å². The van der Waals surface area contributed by atoms with Gasteiger partial charge in [0.05, 0.1) is 0 Å². The van der Waals surface area contributed by atoms with E-state index in [1.807, 2.05) is 0 Å². The normalized spacial score (nSPS) is 31.6. The summed E-state index contributed by atoms with van der Waals surface area (Å²) in [5.41, 5.74) is 5.61. The summed E-state index contributed by atoms with van der Waals surface area (Å²) in [5.74, 6) is -5.70. The van der Waals surface area contributed by atoms with Crippen molar-refractivity contribution in [1.82, 2.24) is 0 Å². The molecular weight excluding hydrogens is 342 g/mol. The van der Waals surface area contributed by atoms with Crippen molar-refractivity contribution in [1.29, 1.82) is 0 Å². The van der Waals surface area contributed by atoms with Gasteiger partial charge in [-0.2, -0.15) is 0 Å². The van der Waals surface area contributed by atoms with E-state index in [2.05, 4.69) is 0 Å². The number of rotatable bonds is 5. The minimum absolute atomic E-state index is 0.461. The molecule has 0 aliphatic carbocycles. The summed E-state index contributed by atoms with van der Waals surface area (Å²) in [7, 11) is 0. The molecule has 0 saturated carbocycles. The van der Waals surface area contributed by atoms with Gasteiger partial charge in [-0.15, -0.1) is 0 Å². The highest BCUT2D eigenvalue weighted by Gasteiger charge is 2.58. The highest BCUT2D eigenvalue weighted by atomic mass is 16.7. The summed E-state index contributed by atoms with van der Waals surface area (Å²) in [6.07, 6.45) is -5.81. The Balaban J connectivity index is 3.24. The molecule has 5 atom stereocenters. The first-order chi connectivity index (χ1) is 11.4. The molecule has 3 N–H and O–H groups in total. The maximum Gasteiger partial charge on any atom is 0.303 e. The fourth-order valence-electron chi connectivity index (χ4n) is 2.31. The summed E-state index contributed by atoms with van der Waals surface area (Å²) < 4.78 is 25.0. The van der Waals surface area contributed by atoms with Crippen molar-refractivity contribution in [2.75, 3.05) is 6.61 Å². The molecular formula is C14H21NO10. The zero-order valence-electron chi connectivity index (χ0n) is 14.2. The van der Waals surface area contributed by atoms with Crippen LogP contribution in [0.2, 0.25) is 0 Å². The van der Waals surface area contributed by atoms with Crippen LogP contribution < -0.4 is 5.73 Å². The fourth-order valence-corrected chi connectivity index (χ4v) is 2.31. The van der Waals surface area contributed by atoms with Crippen molar-refractivity contribution in [3.05, 3.63) is 0 Å². The van der Waals surface area contributed by atoms with Crippen molar-refractivity contribution in [2.45, 2.75) is 58.0 Å². The average molecular weight is 363 g/mol. The van der Waals surface area contributed by atoms with Crippen LogP contribution in [0, 0.1) is 0 Å². The summed E-state index contributed by atoms with van der Waals surface area (Å²) >= 11 is 0. The van der Waals surface area contributed by atoms with E-state index in [1.165, 1.54) is 0 Å². The molecule has 11 nitrogen and oxygen atoms in total. The second kappa shape index (κ2) is 8.23. The third-order valence-electron chi connectivity index (χ3n) is 3.08. The SMILES string of the molecule is CC(=O)OC[C@H]1O[C@@](N)(O)[C@H](OC(C)=O)[C@@H](OC(C)=O)[C@@H]1OC(C)=O. The van der Waals surface area contributed by atoms with Crippen LogP contribution in [0.1, 0.15) is 27.7 Å². The van der Waals surface area contributed by atoms with E-state index in [0.29, 0.717) is 0 Å². The van der Waals surface area contributed by atoms with Crippen molar-refractivity contribution >= 4 is 23.9 Å². The molecule has 0 bridgehead atoms. The largest absolute Gasteiger partial charge is 0.463 e. The lowest BCUT2D eigenvalue weighted by atomic mass is 9.96. The lowest BCUT2D eigenvalue weighted by Crippen LogP contribution is -2.71. The molecule has 0 aromatic rings. The predicted molar refractivity (Wildman–Crippen MR) is 77.3 cm³/mol. The second-order valence-corrected chi connectivity index (χ2v) is 5.39. The van der Waals surface area contributed by atoms with E-state index in [-0.39, 0.29) is 0 Å². The van der Waals surface area contributed by atoms with Crippen LogP contribution in [0.25, 0.3) is 0 Å². The molecule has 1 rings (SSSR count). The lowest BCUT2D eigenvalue weighted by Gasteiger charge is -2.46. The van der Waals surface area contributed by atoms with Gasteiger partial charge in [-0.3, -0.25) is 24.9 Å². The molecule has 0 unspecified atom stereocenters. The zero-order chi connectivity index (χ0) is 19.4. The van der Waals surface area contributed by atoms with Crippen molar-refractivity contribution in [2.24, 2.45) is 5.73 Å². The maximum absolute atomic E-state index is 11.4. The monoisotopic (exact) mass is 363 g/mol. The van der Waals surface area contributed by atoms with E-state index < -0.39 is 60.8 Å². The van der Waals surface area contributed by atoms with E-state index in [0.717, 1.165) is 27.7 Å². The molecule has 0 amide bonds. The minimum Gasteiger partial charge on any atom is -0.463 e. The molecule has 0 spiro atoms. The van der Waals surface area contributed by atoms with Gasteiger partial charge in [-0.25, -0.2) is 0 Å². The number of hydrogen-bond acceptors (Lipinski definition) is 11. The molecule has 0 aromatic carbocycles. The van der Waals surface area contributed by atoms with E-state index in [1.54, 1.807) is 0 Å². The van der Waals surface area contributed by atoms with Gasteiger partial charge in [-0.1, -0.05) is 0 Å². The molecule has 25 heavy (non-hydrogen) atoms. The summed E-state index contributed by atoms with van der Waals surface area (Å²) in [6.45, 7) is 3.84. The summed E-state index contributed by atoms with van der Waals surface area (Å²) in [6, 6.07) is 0. The Labute approximate surface area is 143 Å². The molecule has 1 aliphatic rings. The van der Waals surface area contributed by atoms with Crippen LogP contribution in [0.15, 0.2) is 0 Å². The molecule has 1 heterocycles. The molecule has 1 saturated heterocycles. The highest BCUT2D eigenvalue weighted by Crippen LogP contribution is 2.31. The zero-order valence-corrected chi connectivity index (χ0v) is 14.2. The number of nitrogens with two attached hydrogens (primary N) is 1. The van der Waals surface area contributed by atoms with Crippen LogP contribution in [0.3, 0.4) is 0 Å². The first kappa shape index (κ1) is 20.8. The van der Waals surface area contributed by atoms with Crippen LogP contribution >= 0.6 is 0 Å². The van der Waals surface area contributed by atoms with E-state index >= 15 is 0 Å². The number of carbonyl (C=O) groups excluding carboxylic acids is 4. The molecule has 1 fully saturated rings. The fraction of sp³-hybridized carbons (Fsp3) is 0.714. The molecule has 142 valence electrons. The van der Waals surface area contributed by atoms with Crippen LogP contribution in [0.5, 0.6) is 0 Å². The summed E-state index contributed by atoms with van der Waals surface area (Å²) in [5, 5.41) is 10.3. The van der Waals surface area contributed by atoms with Gasteiger partial charge in [0, 0.05) is 27.7 Å². The highest BCUT2D eigenvalue weighted by molar-refractivity contribution is 5.68. The Kier molecular flexibility index (Phi) is 6.85. The van der Waals surface area contributed by atoms with Gasteiger partial charge in [0.2, 0.25) is 6.10 Å². The van der Waals surface area contributed by atoms with Gasteiger partial charge in [0.25, 0.3) is 5.91 Å². The van der Waals surface area contributed by atoms with Gasteiger partial charge in [0.1, 0.15) is 12.7 Å². The maximum atomic E-state index is 11.4. The number of carbonyl (C=O) groups is 4. The lowest BCUT2D eigenvalue weighted by molar-refractivity contribution is -0.349. The first-order valence-electron chi connectivity index (χ1n) is 7.28. The second-order valence-electron chi connectivity index (χ2n) is 5.39. The Bertz CT molecular complexity index is 546. The third kappa shape index (κ3) is 5.96. The van der Waals surface area contributed by atoms with Crippen LogP contribution in [0.4, 0.5) is 0 Å².